The average Bonchev–Trinajstić information content (AvgIpc) is 2.38. The molecule has 0 radical (unpaired) electrons. The summed E-state index contributed by atoms with van der Waals surface area (Å²) in [5.41, 5.74) is -0.106. The van der Waals surface area contributed by atoms with Crippen molar-refractivity contribution < 1.29 is 19.8 Å². The van der Waals surface area contributed by atoms with Crippen LogP contribution in [0.2, 0.25) is 0 Å². The molecule has 0 unspecified atom stereocenters. The van der Waals surface area contributed by atoms with Gasteiger partial charge in [0.25, 0.3) is 0 Å². The summed E-state index contributed by atoms with van der Waals surface area (Å²) in [7, 11) is 0. The minimum absolute atomic E-state index is 0.0216. The number of ketones is 1. The number of para-hydroxylation sites is 1. The highest BCUT2D eigenvalue weighted by molar-refractivity contribution is 6.15. The molecule has 2 rings (SSSR count). The SMILES string of the molecule is O=C(O)c1ccccc1C(=O)c1ccccc1[O-]. The van der Waals surface area contributed by atoms with Crippen LogP contribution < -0.4 is 5.11 Å². The van der Waals surface area contributed by atoms with Crippen molar-refractivity contribution in [3.05, 3.63) is 65.2 Å². The van der Waals surface area contributed by atoms with E-state index in [1.165, 1.54) is 36.4 Å². The van der Waals surface area contributed by atoms with Crippen molar-refractivity contribution >= 4 is 11.8 Å². The number of hydrogen-bond acceptors (Lipinski definition) is 3. The molecule has 2 aromatic rings. The zero-order valence-electron chi connectivity index (χ0n) is 9.29. The average molecular weight is 241 g/mol. The summed E-state index contributed by atoms with van der Waals surface area (Å²) in [5, 5.41) is 20.5. The van der Waals surface area contributed by atoms with Crippen LogP contribution in [0.1, 0.15) is 26.3 Å². The van der Waals surface area contributed by atoms with Crippen LogP contribution in [0.3, 0.4) is 0 Å². The molecule has 0 aliphatic heterocycles. The first-order valence-electron chi connectivity index (χ1n) is 5.24. The minimum atomic E-state index is -1.19. The Hall–Kier alpha value is -2.62. The molecule has 90 valence electrons. The number of aromatic carboxylic acids is 1. The van der Waals surface area contributed by atoms with Gasteiger partial charge in [-0.25, -0.2) is 4.79 Å². The number of carbonyl (C=O) groups excluding carboxylic acids is 1. The van der Waals surface area contributed by atoms with E-state index < -0.39 is 17.5 Å². The second kappa shape index (κ2) is 4.71. The number of hydrogen-bond donors (Lipinski definition) is 1. The van der Waals surface area contributed by atoms with E-state index in [1.807, 2.05) is 0 Å². The maximum atomic E-state index is 12.1. The summed E-state index contributed by atoms with van der Waals surface area (Å²) < 4.78 is 0. The van der Waals surface area contributed by atoms with Crippen molar-refractivity contribution in [2.75, 3.05) is 0 Å². The summed E-state index contributed by atoms with van der Waals surface area (Å²) >= 11 is 0. The lowest BCUT2D eigenvalue weighted by atomic mass is 9.98. The third-order valence-electron chi connectivity index (χ3n) is 2.53. The first-order chi connectivity index (χ1) is 8.61. The molecule has 0 aliphatic rings. The van der Waals surface area contributed by atoms with E-state index in [0.29, 0.717) is 0 Å². The van der Waals surface area contributed by atoms with Crippen LogP contribution >= 0.6 is 0 Å². The van der Waals surface area contributed by atoms with Crippen LogP contribution in [-0.2, 0) is 0 Å². The van der Waals surface area contributed by atoms with Gasteiger partial charge in [-0.05, 0) is 6.07 Å². The van der Waals surface area contributed by atoms with E-state index in [1.54, 1.807) is 12.1 Å². The Labute approximate surface area is 103 Å². The van der Waals surface area contributed by atoms with Crippen molar-refractivity contribution in [2.24, 2.45) is 0 Å². The van der Waals surface area contributed by atoms with Gasteiger partial charge in [0, 0.05) is 11.1 Å². The number of carboxylic acid groups (broad SMARTS) is 1. The summed E-state index contributed by atoms with van der Waals surface area (Å²) in [6.07, 6.45) is 0. The number of carbonyl (C=O) groups is 2. The van der Waals surface area contributed by atoms with Crippen molar-refractivity contribution in [3.8, 4) is 5.75 Å². The van der Waals surface area contributed by atoms with E-state index in [9.17, 15) is 14.7 Å². The quantitative estimate of drug-likeness (QED) is 0.829. The lowest BCUT2D eigenvalue weighted by Crippen LogP contribution is -2.11. The van der Waals surface area contributed by atoms with E-state index in [-0.39, 0.29) is 16.7 Å². The van der Waals surface area contributed by atoms with Crippen LogP contribution in [-0.4, -0.2) is 16.9 Å². The van der Waals surface area contributed by atoms with Crippen LogP contribution in [0.25, 0.3) is 0 Å². The maximum Gasteiger partial charge on any atom is 0.336 e. The lowest BCUT2D eigenvalue weighted by Gasteiger charge is -2.12. The van der Waals surface area contributed by atoms with Gasteiger partial charge in [0.2, 0.25) is 0 Å². The molecule has 0 bridgehead atoms. The minimum Gasteiger partial charge on any atom is -0.872 e. The molecule has 2 aromatic carbocycles. The van der Waals surface area contributed by atoms with Gasteiger partial charge >= 0.3 is 5.97 Å². The largest absolute Gasteiger partial charge is 0.872 e. The molecule has 0 saturated carbocycles. The molecule has 0 heterocycles. The molecule has 1 N–H and O–H groups in total. The highest BCUT2D eigenvalue weighted by Gasteiger charge is 2.17. The number of rotatable bonds is 3. The molecule has 0 spiro atoms. The molecule has 0 amide bonds. The molecule has 0 fully saturated rings. The normalized spacial score (nSPS) is 10.0. The zero-order valence-corrected chi connectivity index (χ0v) is 9.29. The van der Waals surface area contributed by atoms with E-state index >= 15 is 0 Å². The molecule has 0 saturated heterocycles. The van der Waals surface area contributed by atoms with Crippen molar-refractivity contribution in [2.45, 2.75) is 0 Å². The highest BCUT2D eigenvalue weighted by Crippen LogP contribution is 2.19. The van der Waals surface area contributed by atoms with E-state index in [2.05, 4.69) is 0 Å². The fourth-order valence-electron chi connectivity index (χ4n) is 1.67. The Morgan fingerprint density at radius 2 is 1.33 bits per heavy atom. The Balaban J connectivity index is 2.54. The van der Waals surface area contributed by atoms with Gasteiger partial charge in [-0.2, -0.15) is 0 Å². The fourth-order valence-corrected chi connectivity index (χ4v) is 1.67. The second-order valence-corrected chi connectivity index (χ2v) is 3.68. The molecular formula is C14H9O4-. The third kappa shape index (κ3) is 2.08. The number of carboxylic acids is 1. The van der Waals surface area contributed by atoms with Gasteiger partial charge in [-0.1, -0.05) is 48.2 Å². The van der Waals surface area contributed by atoms with Crippen molar-refractivity contribution in [1.29, 1.82) is 0 Å². The Kier molecular flexibility index (Phi) is 3.10. The Morgan fingerprint density at radius 1 is 0.833 bits per heavy atom. The summed E-state index contributed by atoms with van der Waals surface area (Å²) in [5.74, 6) is -2.18. The smallest absolute Gasteiger partial charge is 0.336 e. The molecule has 18 heavy (non-hydrogen) atoms. The third-order valence-corrected chi connectivity index (χ3v) is 2.53. The standard InChI is InChI=1S/C14H10O4/c15-12-8-4-3-7-11(12)13(16)9-5-1-2-6-10(9)14(17)18/h1-8,15H,(H,17,18)/p-1. The topological polar surface area (TPSA) is 77.4 Å². The van der Waals surface area contributed by atoms with Crippen molar-refractivity contribution in [3.63, 3.8) is 0 Å². The van der Waals surface area contributed by atoms with Crippen molar-refractivity contribution in [1.82, 2.24) is 0 Å². The van der Waals surface area contributed by atoms with Gasteiger partial charge in [0.1, 0.15) is 0 Å². The molecule has 4 nitrogen and oxygen atoms in total. The van der Waals surface area contributed by atoms with Gasteiger partial charge in [-0.15, -0.1) is 0 Å². The summed E-state index contributed by atoms with van der Waals surface area (Å²) in [6, 6.07) is 11.6. The van der Waals surface area contributed by atoms with E-state index in [4.69, 9.17) is 5.11 Å². The van der Waals surface area contributed by atoms with Crippen LogP contribution in [0, 0.1) is 0 Å². The first-order valence-corrected chi connectivity index (χ1v) is 5.24. The highest BCUT2D eigenvalue weighted by atomic mass is 16.4. The zero-order chi connectivity index (χ0) is 13.1. The molecule has 4 heteroatoms. The summed E-state index contributed by atoms with van der Waals surface area (Å²) in [4.78, 5) is 23.1. The number of benzene rings is 2. The van der Waals surface area contributed by atoms with Crippen LogP contribution in [0.5, 0.6) is 5.75 Å². The van der Waals surface area contributed by atoms with Crippen LogP contribution in [0.4, 0.5) is 0 Å². The Bertz CT molecular complexity index is 617. The Morgan fingerprint density at radius 3 is 1.89 bits per heavy atom. The molecule has 0 atom stereocenters. The second-order valence-electron chi connectivity index (χ2n) is 3.68. The fraction of sp³-hybridized carbons (Fsp3) is 0. The van der Waals surface area contributed by atoms with Crippen LogP contribution in [0.15, 0.2) is 48.5 Å². The van der Waals surface area contributed by atoms with Gasteiger partial charge in [-0.3, -0.25) is 4.79 Å². The van der Waals surface area contributed by atoms with Gasteiger partial charge in [0.05, 0.1) is 5.56 Å². The van der Waals surface area contributed by atoms with Gasteiger partial charge < -0.3 is 10.2 Å². The summed E-state index contributed by atoms with van der Waals surface area (Å²) in [6.45, 7) is 0. The molecule has 0 aliphatic carbocycles. The predicted molar refractivity (Wildman–Crippen MR) is 62.7 cm³/mol. The maximum absolute atomic E-state index is 12.1. The molecular weight excluding hydrogens is 232 g/mol. The van der Waals surface area contributed by atoms with Gasteiger partial charge in [0.15, 0.2) is 5.78 Å². The van der Waals surface area contributed by atoms with E-state index in [0.717, 1.165) is 0 Å². The molecule has 0 aromatic heterocycles. The first kappa shape index (κ1) is 11.9. The predicted octanol–water partition coefficient (Wildman–Crippen LogP) is 1.69. The monoisotopic (exact) mass is 241 g/mol. The lowest BCUT2D eigenvalue weighted by molar-refractivity contribution is -0.268.